The molecule has 0 unspecified atom stereocenters. The van der Waals surface area contributed by atoms with Crippen LogP contribution in [0.1, 0.15) is 17.0 Å². The van der Waals surface area contributed by atoms with Crippen molar-refractivity contribution in [3.8, 4) is 0 Å². The molecule has 0 radical (unpaired) electrons. The number of hydrogen-bond acceptors (Lipinski definition) is 1. The highest BCUT2D eigenvalue weighted by atomic mass is 15.1. The van der Waals surface area contributed by atoms with Crippen LogP contribution < -0.4 is 0 Å². The van der Waals surface area contributed by atoms with Gasteiger partial charge in [-0.25, -0.2) is 4.98 Å². The summed E-state index contributed by atoms with van der Waals surface area (Å²) in [5.74, 6) is 1.00. The van der Waals surface area contributed by atoms with E-state index in [1.807, 2.05) is 12.1 Å². The van der Waals surface area contributed by atoms with Crippen molar-refractivity contribution in [1.29, 1.82) is 0 Å². The Balaban J connectivity index is 1.67. The fourth-order valence-electron chi connectivity index (χ4n) is 3.08. The van der Waals surface area contributed by atoms with Gasteiger partial charge in [0.25, 0.3) is 0 Å². The van der Waals surface area contributed by atoms with Crippen LogP contribution in [0.2, 0.25) is 0 Å². The number of aryl methyl sites for hydroxylation is 2. The first-order valence-electron chi connectivity index (χ1n) is 8.62. The molecule has 0 aliphatic rings. The number of nitrogens with zero attached hydrogens (tertiary/aromatic N) is 2. The lowest BCUT2D eigenvalue weighted by molar-refractivity contribution is 0.709. The van der Waals surface area contributed by atoms with Gasteiger partial charge in [0.15, 0.2) is 0 Å². The Morgan fingerprint density at radius 2 is 1.40 bits per heavy atom. The monoisotopic (exact) mass is 324 g/mol. The van der Waals surface area contributed by atoms with E-state index in [2.05, 4.69) is 89.5 Å². The van der Waals surface area contributed by atoms with E-state index in [1.54, 1.807) is 0 Å². The van der Waals surface area contributed by atoms with Crippen LogP contribution in [0.25, 0.3) is 23.2 Å². The summed E-state index contributed by atoms with van der Waals surface area (Å²) in [5, 5.41) is 0. The maximum Gasteiger partial charge on any atom is 0.133 e. The molecule has 3 aromatic carbocycles. The zero-order valence-electron chi connectivity index (χ0n) is 14.0. The third-order valence-electron chi connectivity index (χ3n) is 4.38. The van der Waals surface area contributed by atoms with Crippen molar-refractivity contribution >= 4 is 23.2 Å². The quantitative estimate of drug-likeness (QED) is 0.477. The molecule has 1 heterocycles. The van der Waals surface area contributed by atoms with Gasteiger partial charge < -0.3 is 4.57 Å². The number of hydrogen-bond donors (Lipinski definition) is 0. The van der Waals surface area contributed by atoms with E-state index in [4.69, 9.17) is 4.98 Å². The van der Waals surface area contributed by atoms with Crippen LogP contribution in [0.3, 0.4) is 0 Å². The van der Waals surface area contributed by atoms with Gasteiger partial charge in [0.2, 0.25) is 0 Å². The standard InChI is InChI=1S/C23H20N2/c1-3-9-19(10-4-1)15-16-23-24-21-13-7-8-14-22(21)25(23)18-17-20-11-5-2-6-12-20/h1-16H,17-18H2/b16-15+. The Morgan fingerprint density at radius 3 is 2.20 bits per heavy atom. The van der Waals surface area contributed by atoms with E-state index in [1.165, 1.54) is 16.6 Å². The van der Waals surface area contributed by atoms with Gasteiger partial charge in [-0.3, -0.25) is 0 Å². The molecule has 4 rings (SSSR count). The third kappa shape index (κ3) is 3.53. The van der Waals surface area contributed by atoms with Gasteiger partial charge in [-0.1, -0.05) is 78.9 Å². The predicted molar refractivity (Wildman–Crippen MR) is 105 cm³/mol. The lowest BCUT2D eigenvalue weighted by Crippen LogP contribution is -2.03. The van der Waals surface area contributed by atoms with E-state index in [9.17, 15) is 0 Å². The summed E-state index contributed by atoms with van der Waals surface area (Å²) < 4.78 is 2.31. The highest BCUT2D eigenvalue weighted by Gasteiger charge is 2.08. The third-order valence-corrected chi connectivity index (χ3v) is 4.38. The summed E-state index contributed by atoms with van der Waals surface area (Å²) in [5.41, 5.74) is 4.76. The molecule has 0 bridgehead atoms. The number of benzene rings is 3. The Hall–Kier alpha value is -3.13. The zero-order chi connectivity index (χ0) is 16.9. The minimum Gasteiger partial charge on any atom is -0.324 e. The number of fused-ring (bicyclic) bond motifs is 1. The van der Waals surface area contributed by atoms with Crippen molar-refractivity contribution in [1.82, 2.24) is 9.55 Å². The molecule has 0 atom stereocenters. The maximum atomic E-state index is 4.82. The molecule has 0 amide bonds. The highest BCUT2D eigenvalue weighted by Crippen LogP contribution is 2.19. The Bertz CT molecular complexity index is 982. The normalized spacial score (nSPS) is 11.4. The largest absolute Gasteiger partial charge is 0.324 e. The summed E-state index contributed by atoms with van der Waals surface area (Å²) in [6, 6.07) is 29.3. The zero-order valence-corrected chi connectivity index (χ0v) is 14.0. The van der Waals surface area contributed by atoms with Crippen LogP contribution >= 0.6 is 0 Å². The number of rotatable bonds is 5. The second-order valence-corrected chi connectivity index (χ2v) is 6.09. The van der Waals surface area contributed by atoms with Crippen LogP contribution in [0.5, 0.6) is 0 Å². The molecule has 0 N–H and O–H groups in total. The van der Waals surface area contributed by atoms with Gasteiger partial charge in [0.1, 0.15) is 5.82 Å². The number of aromatic nitrogens is 2. The number of para-hydroxylation sites is 2. The van der Waals surface area contributed by atoms with Crippen molar-refractivity contribution < 1.29 is 0 Å². The van der Waals surface area contributed by atoms with Crippen molar-refractivity contribution in [3.05, 3.63) is 102 Å². The maximum absolute atomic E-state index is 4.82. The molecule has 0 spiro atoms. The molecule has 4 aromatic rings. The Kier molecular flexibility index (Phi) is 4.42. The molecule has 1 aromatic heterocycles. The molecule has 2 nitrogen and oxygen atoms in total. The molecule has 0 aliphatic heterocycles. The van der Waals surface area contributed by atoms with Gasteiger partial charge in [-0.05, 0) is 35.8 Å². The van der Waals surface area contributed by atoms with Crippen molar-refractivity contribution in [3.63, 3.8) is 0 Å². The van der Waals surface area contributed by atoms with E-state index < -0.39 is 0 Å². The summed E-state index contributed by atoms with van der Waals surface area (Å²) in [6.07, 6.45) is 5.23. The average Bonchev–Trinajstić information content (AvgIpc) is 3.04. The SMILES string of the molecule is C(=C\c1nc2ccccc2n1CCc1ccccc1)/c1ccccc1. The van der Waals surface area contributed by atoms with Crippen LogP contribution in [0.4, 0.5) is 0 Å². The Labute approximate surface area is 148 Å². The lowest BCUT2D eigenvalue weighted by atomic mass is 10.1. The summed E-state index contributed by atoms with van der Waals surface area (Å²) in [7, 11) is 0. The molecule has 0 saturated carbocycles. The van der Waals surface area contributed by atoms with Gasteiger partial charge in [-0.2, -0.15) is 0 Å². The molecule has 0 saturated heterocycles. The average molecular weight is 324 g/mol. The van der Waals surface area contributed by atoms with Crippen LogP contribution in [0.15, 0.2) is 84.9 Å². The van der Waals surface area contributed by atoms with Crippen LogP contribution in [0, 0.1) is 0 Å². The summed E-state index contributed by atoms with van der Waals surface area (Å²) in [6.45, 7) is 0.916. The molecule has 122 valence electrons. The fraction of sp³-hybridized carbons (Fsp3) is 0.0870. The molecule has 25 heavy (non-hydrogen) atoms. The van der Waals surface area contributed by atoms with Crippen molar-refractivity contribution in [2.45, 2.75) is 13.0 Å². The molecular formula is C23H20N2. The number of imidazole rings is 1. The predicted octanol–water partition coefficient (Wildman–Crippen LogP) is 5.45. The van der Waals surface area contributed by atoms with Gasteiger partial charge in [0.05, 0.1) is 11.0 Å². The molecule has 0 aliphatic carbocycles. The van der Waals surface area contributed by atoms with Crippen LogP contribution in [-0.2, 0) is 13.0 Å². The van der Waals surface area contributed by atoms with E-state index >= 15 is 0 Å². The summed E-state index contributed by atoms with van der Waals surface area (Å²) in [4.78, 5) is 4.82. The minimum atomic E-state index is 0.916. The topological polar surface area (TPSA) is 17.8 Å². The van der Waals surface area contributed by atoms with E-state index in [0.29, 0.717) is 0 Å². The Morgan fingerprint density at radius 1 is 0.720 bits per heavy atom. The highest BCUT2D eigenvalue weighted by molar-refractivity contribution is 5.79. The van der Waals surface area contributed by atoms with Crippen molar-refractivity contribution in [2.24, 2.45) is 0 Å². The molecular weight excluding hydrogens is 304 g/mol. The van der Waals surface area contributed by atoms with Crippen molar-refractivity contribution in [2.75, 3.05) is 0 Å². The first-order valence-corrected chi connectivity index (χ1v) is 8.62. The van der Waals surface area contributed by atoms with Gasteiger partial charge >= 0.3 is 0 Å². The second-order valence-electron chi connectivity index (χ2n) is 6.09. The second kappa shape index (κ2) is 7.18. The van der Waals surface area contributed by atoms with E-state index in [0.717, 1.165) is 24.3 Å². The minimum absolute atomic E-state index is 0.916. The smallest absolute Gasteiger partial charge is 0.133 e. The van der Waals surface area contributed by atoms with E-state index in [-0.39, 0.29) is 0 Å². The lowest BCUT2D eigenvalue weighted by Gasteiger charge is -2.07. The first-order chi connectivity index (χ1) is 12.4. The molecule has 2 heteroatoms. The van der Waals surface area contributed by atoms with Crippen LogP contribution in [-0.4, -0.2) is 9.55 Å². The first kappa shape index (κ1) is 15.4. The van der Waals surface area contributed by atoms with Gasteiger partial charge in [0, 0.05) is 6.54 Å². The summed E-state index contributed by atoms with van der Waals surface area (Å²) >= 11 is 0. The molecule has 0 fully saturated rings. The fourth-order valence-corrected chi connectivity index (χ4v) is 3.08. The van der Waals surface area contributed by atoms with Gasteiger partial charge in [-0.15, -0.1) is 0 Å².